The van der Waals surface area contributed by atoms with Gasteiger partial charge in [-0.05, 0) is 32.9 Å². The van der Waals surface area contributed by atoms with E-state index in [2.05, 4.69) is 5.32 Å². The highest BCUT2D eigenvalue weighted by atomic mass is 32.2. The number of nitrogens with one attached hydrogen (secondary N) is 1. The summed E-state index contributed by atoms with van der Waals surface area (Å²) < 4.78 is 63.4. The van der Waals surface area contributed by atoms with Crippen molar-refractivity contribution in [3.05, 3.63) is 24.3 Å². The van der Waals surface area contributed by atoms with E-state index in [1.165, 1.54) is 32.0 Å². The van der Waals surface area contributed by atoms with E-state index >= 15 is 0 Å². The van der Waals surface area contributed by atoms with Crippen molar-refractivity contribution in [3.8, 4) is 0 Å². The minimum atomic E-state index is -4.59. The van der Waals surface area contributed by atoms with E-state index in [4.69, 9.17) is 0 Å². The summed E-state index contributed by atoms with van der Waals surface area (Å²) in [4.78, 5) is -0.148. The minimum Gasteiger partial charge on any atom is -0.384 e. The molecule has 0 radical (unpaired) electrons. The average molecular weight is 324 g/mol. The molecular weight excluding hydrogens is 305 g/mol. The summed E-state index contributed by atoms with van der Waals surface area (Å²) in [6.45, 7) is 3.57. The molecule has 0 aliphatic heterocycles. The molecule has 0 aliphatic rings. The number of alkyl halides is 3. The molecule has 8 heteroatoms. The van der Waals surface area contributed by atoms with Crippen molar-refractivity contribution in [2.75, 3.05) is 18.4 Å². The zero-order valence-corrected chi connectivity index (χ0v) is 12.9. The van der Waals surface area contributed by atoms with Gasteiger partial charge in [0.2, 0.25) is 10.0 Å². The molecule has 0 fully saturated rings. The van der Waals surface area contributed by atoms with Crippen LogP contribution in [-0.4, -0.2) is 38.0 Å². The van der Waals surface area contributed by atoms with Gasteiger partial charge in [0, 0.05) is 12.6 Å². The molecule has 21 heavy (non-hydrogen) atoms. The van der Waals surface area contributed by atoms with Gasteiger partial charge in [0.25, 0.3) is 0 Å². The molecule has 0 aromatic heterocycles. The SMILES string of the molecule is CCNc1ccccc1S(=O)(=O)N(CC(F)(F)F)C(C)C. The molecule has 1 aromatic rings. The lowest BCUT2D eigenvalue weighted by Gasteiger charge is -2.27. The van der Waals surface area contributed by atoms with Gasteiger partial charge in [0.05, 0.1) is 5.69 Å². The van der Waals surface area contributed by atoms with Crippen molar-refractivity contribution in [2.24, 2.45) is 0 Å². The van der Waals surface area contributed by atoms with Crippen LogP contribution < -0.4 is 5.32 Å². The van der Waals surface area contributed by atoms with E-state index in [-0.39, 0.29) is 4.90 Å². The summed E-state index contributed by atoms with van der Waals surface area (Å²) in [5.41, 5.74) is 0.299. The van der Waals surface area contributed by atoms with Gasteiger partial charge in [0.15, 0.2) is 0 Å². The summed E-state index contributed by atoms with van der Waals surface area (Å²) in [6.07, 6.45) is -4.59. The smallest absolute Gasteiger partial charge is 0.384 e. The summed E-state index contributed by atoms with van der Waals surface area (Å²) in [6, 6.07) is 5.15. The van der Waals surface area contributed by atoms with Crippen molar-refractivity contribution >= 4 is 15.7 Å². The molecule has 0 amide bonds. The molecule has 0 saturated heterocycles. The number of para-hydroxylation sites is 1. The summed E-state index contributed by atoms with van der Waals surface area (Å²) in [5, 5.41) is 2.85. The molecule has 0 aliphatic carbocycles. The van der Waals surface area contributed by atoms with Gasteiger partial charge < -0.3 is 5.32 Å². The van der Waals surface area contributed by atoms with E-state index in [1.54, 1.807) is 13.0 Å². The first-order valence-corrected chi connectivity index (χ1v) is 7.95. The Bertz CT molecular complexity index is 571. The fraction of sp³-hybridized carbons (Fsp3) is 0.538. The van der Waals surface area contributed by atoms with Crippen molar-refractivity contribution in [2.45, 2.75) is 37.9 Å². The third-order valence-corrected chi connectivity index (χ3v) is 4.83. The normalized spacial score (nSPS) is 13.0. The summed E-state index contributed by atoms with van der Waals surface area (Å²) >= 11 is 0. The molecule has 1 N–H and O–H groups in total. The van der Waals surface area contributed by atoms with Gasteiger partial charge in [-0.1, -0.05) is 12.1 Å². The first-order valence-electron chi connectivity index (χ1n) is 6.51. The summed E-state index contributed by atoms with van der Waals surface area (Å²) in [5.74, 6) is 0. The number of nitrogens with zero attached hydrogens (tertiary/aromatic N) is 1. The van der Waals surface area contributed by atoms with Crippen molar-refractivity contribution in [3.63, 3.8) is 0 Å². The molecule has 0 bridgehead atoms. The largest absolute Gasteiger partial charge is 0.402 e. The van der Waals surface area contributed by atoms with E-state index in [0.717, 1.165) is 0 Å². The summed E-state index contributed by atoms with van der Waals surface area (Å²) in [7, 11) is -4.24. The maximum atomic E-state index is 12.6. The van der Waals surface area contributed by atoms with Gasteiger partial charge in [-0.2, -0.15) is 17.5 Å². The lowest BCUT2D eigenvalue weighted by Crippen LogP contribution is -2.43. The molecule has 0 spiro atoms. The zero-order valence-electron chi connectivity index (χ0n) is 12.1. The highest BCUT2D eigenvalue weighted by Crippen LogP contribution is 2.28. The van der Waals surface area contributed by atoms with E-state index in [0.29, 0.717) is 16.5 Å². The van der Waals surface area contributed by atoms with Crippen LogP contribution in [0.1, 0.15) is 20.8 Å². The fourth-order valence-corrected chi connectivity index (χ4v) is 3.67. The topological polar surface area (TPSA) is 49.4 Å². The third kappa shape index (κ3) is 4.60. The Morgan fingerprint density at radius 1 is 1.24 bits per heavy atom. The first-order chi connectivity index (χ1) is 9.59. The van der Waals surface area contributed by atoms with E-state index in [1.807, 2.05) is 0 Å². The molecule has 1 aromatic carbocycles. The molecule has 0 heterocycles. The lowest BCUT2D eigenvalue weighted by molar-refractivity contribution is -0.138. The second-order valence-electron chi connectivity index (χ2n) is 4.79. The van der Waals surface area contributed by atoms with Crippen molar-refractivity contribution in [1.29, 1.82) is 0 Å². The predicted octanol–water partition coefficient (Wildman–Crippen LogP) is 3.08. The zero-order chi connectivity index (χ0) is 16.3. The fourth-order valence-electron chi connectivity index (χ4n) is 1.88. The van der Waals surface area contributed by atoms with Gasteiger partial charge in [-0.15, -0.1) is 0 Å². The van der Waals surface area contributed by atoms with Gasteiger partial charge in [-0.25, -0.2) is 8.42 Å². The first kappa shape index (κ1) is 17.8. The van der Waals surface area contributed by atoms with Crippen LogP contribution in [0.25, 0.3) is 0 Å². The average Bonchev–Trinajstić information content (AvgIpc) is 2.35. The predicted molar refractivity (Wildman–Crippen MR) is 75.7 cm³/mol. The monoisotopic (exact) mass is 324 g/mol. The van der Waals surface area contributed by atoms with Crippen LogP contribution in [-0.2, 0) is 10.0 Å². The molecule has 120 valence electrons. The second kappa shape index (κ2) is 6.65. The standard InChI is InChI=1S/C13H19F3N2O2S/c1-4-17-11-7-5-6-8-12(11)21(19,20)18(10(2)3)9-13(14,15)16/h5-8,10,17H,4,9H2,1-3H3. The van der Waals surface area contributed by atoms with E-state index < -0.39 is 28.8 Å². The van der Waals surface area contributed by atoms with Crippen LogP contribution in [0, 0.1) is 0 Å². The van der Waals surface area contributed by atoms with Gasteiger partial charge in [0.1, 0.15) is 11.4 Å². The maximum absolute atomic E-state index is 12.6. The number of anilines is 1. The van der Waals surface area contributed by atoms with Crippen molar-refractivity contribution < 1.29 is 21.6 Å². The number of halogens is 3. The van der Waals surface area contributed by atoms with Crippen LogP contribution in [0.15, 0.2) is 29.2 Å². The highest BCUT2D eigenvalue weighted by molar-refractivity contribution is 7.89. The van der Waals surface area contributed by atoms with Crippen LogP contribution in [0.5, 0.6) is 0 Å². The Morgan fingerprint density at radius 2 is 1.81 bits per heavy atom. The number of sulfonamides is 1. The van der Waals surface area contributed by atoms with Gasteiger partial charge in [-0.3, -0.25) is 0 Å². The molecular formula is C13H19F3N2O2S. The van der Waals surface area contributed by atoms with Crippen LogP contribution in [0.3, 0.4) is 0 Å². The third-order valence-electron chi connectivity index (χ3n) is 2.75. The maximum Gasteiger partial charge on any atom is 0.402 e. The second-order valence-corrected chi connectivity index (χ2v) is 6.64. The molecule has 0 saturated carbocycles. The molecule has 1 rings (SSSR count). The number of benzene rings is 1. The Balaban J connectivity index is 3.30. The lowest BCUT2D eigenvalue weighted by atomic mass is 10.3. The van der Waals surface area contributed by atoms with Crippen molar-refractivity contribution in [1.82, 2.24) is 4.31 Å². The highest BCUT2D eigenvalue weighted by Gasteiger charge is 2.39. The Morgan fingerprint density at radius 3 is 2.29 bits per heavy atom. The molecule has 4 nitrogen and oxygen atoms in total. The Hall–Kier alpha value is -1.28. The molecule has 0 unspecified atom stereocenters. The van der Waals surface area contributed by atoms with Crippen LogP contribution >= 0.6 is 0 Å². The van der Waals surface area contributed by atoms with Crippen LogP contribution in [0.2, 0.25) is 0 Å². The minimum absolute atomic E-state index is 0.148. The Labute approximate surface area is 123 Å². The van der Waals surface area contributed by atoms with E-state index in [9.17, 15) is 21.6 Å². The number of rotatable bonds is 6. The Kier molecular flexibility index (Phi) is 5.63. The van der Waals surface area contributed by atoms with Gasteiger partial charge >= 0.3 is 6.18 Å². The quantitative estimate of drug-likeness (QED) is 0.875. The number of hydrogen-bond acceptors (Lipinski definition) is 3. The molecule has 0 atom stereocenters. The van der Waals surface area contributed by atoms with Crippen LogP contribution in [0.4, 0.5) is 18.9 Å². The number of hydrogen-bond donors (Lipinski definition) is 1.